The molecule has 0 radical (unpaired) electrons. The second-order valence-electron chi connectivity index (χ2n) is 4.55. The van der Waals surface area contributed by atoms with E-state index in [4.69, 9.17) is 9.88 Å². The molecule has 112 valence electrons. The summed E-state index contributed by atoms with van der Waals surface area (Å²) in [5.74, 6) is 0.319. The molecule has 0 spiro atoms. The Labute approximate surface area is 119 Å². The number of sulfonamides is 1. The maximum atomic E-state index is 11.7. The van der Waals surface area contributed by atoms with Gasteiger partial charge >= 0.3 is 0 Å². The van der Waals surface area contributed by atoms with Gasteiger partial charge in [0.05, 0.1) is 12.0 Å². The number of carbonyl (C=O) groups excluding carboxylic acids is 1. The van der Waals surface area contributed by atoms with Crippen molar-refractivity contribution in [3.05, 3.63) is 23.8 Å². The molecule has 3 N–H and O–H groups in total. The van der Waals surface area contributed by atoms with Crippen molar-refractivity contribution in [2.24, 2.45) is 11.1 Å². The average molecular weight is 300 g/mol. The van der Waals surface area contributed by atoms with Crippen molar-refractivity contribution in [3.63, 3.8) is 0 Å². The number of hydrogen-bond acceptors (Lipinski definition) is 4. The largest absolute Gasteiger partial charge is 0.496 e. The van der Waals surface area contributed by atoms with Crippen LogP contribution in [-0.4, -0.2) is 21.4 Å². The fraction of sp³-hybridized carbons (Fsp3) is 0.462. The summed E-state index contributed by atoms with van der Waals surface area (Å²) in [7, 11) is -2.30. The van der Waals surface area contributed by atoms with E-state index >= 15 is 0 Å². The van der Waals surface area contributed by atoms with Crippen LogP contribution in [0.1, 0.15) is 25.8 Å². The number of benzene rings is 1. The van der Waals surface area contributed by atoms with Crippen LogP contribution in [0.25, 0.3) is 0 Å². The Morgan fingerprint density at radius 3 is 2.60 bits per heavy atom. The molecular formula is C13H20N2O4S. The van der Waals surface area contributed by atoms with Gasteiger partial charge in [0.15, 0.2) is 0 Å². The van der Waals surface area contributed by atoms with Crippen LogP contribution in [0.3, 0.4) is 0 Å². The fourth-order valence-electron chi connectivity index (χ4n) is 1.61. The maximum absolute atomic E-state index is 11.7. The Hall–Kier alpha value is -1.60. The van der Waals surface area contributed by atoms with E-state index in [1.165, 1.54) is 25.3 Å². The molecule has 0 saturated heterocycles. The fourth-order valence-corrected chi connectivity index (χ4v) is 2.18. The molecule has 1 aromatic carbocycles. The monoisotopic (exact) mass is 300 g/mol. The Kier molecular flexibility index (Phi) is 5.52. The van der Waals surface area contributed by atoms with E-state index in [0.29, 0.717) is 11.3 Å². The van der Waals surface area contributed by atoms with Gasteiger partial charge in [-0.3, -0.25) is 4.79 Å². The van der Waals surface area contributed by atoms with Gasteiger partial charge in [-0.1, -0.05) is 13.8 Å². The van der Waals surface area contributed by atoms with Gasteiger partial charge in [-0.15, -0.1) is 0 Å². The van der Waals surface area contributed by atoms with E-state index in [2.05, 4.69) is 5.32 Å². The maximum Gasteiger partial charge on any atom is 0.238 e. The molecule has 1 atom stereocenters. The molecule has 1 aromatic rings. The Morgan fingerprint density at radius 1 is 1.45 bits per heavy atom. The van der Waals surface area contributed by atoms with Crippen molar-refractivity contribution in [2.75, 3.05) is 7.11 Å². The number of amides is 1. The minimum atomic E-state index is -3.78. The van der Waals surface area contributed by atoms with Crippen LogP contribution in [0.4, 0.5) is 0 Å². The first-order valence-electron chi connectivity index (χ1n) is 6.27. The van der Waals surface area contributed by atoms with Crippen molar-refractivity contribution in [3.8, 4) is 5.75 Å². The van der Waals surface area contributed by atoms with E-state index in [0.717, 1.165) is 6.42 Å². The molecule has 0 aliphatic rings. The second-order valence-corrected chi connectivity index (χ2v) is 6.11. The lowest BCUT2D eigenvalue weighted by Crippen LogP contribution is -2.28. The van der Waals surface area contributed by atoms with Crippen molar-refractivity contribution in [2.45, 2.75) is 31.7 Å². The summed E-state index contributed by atoms with van der Waals surface area (Å²) < 4.78 is 27.8. The first kappa shape index (κ1) is 16.5. The predicted octanol–water partition coefficient (Wildman–Crippen LogP) is 1.00. The zero-order valence-electron chi connectivity index (χ0n) is 11.8. The summed E-state index contributed by atoms with van der Waals surface area (Å²) in [4.78, 5) is 11.7. The van der Waals surface area contributed by atoms with E-state index in [1.807, 2.05) is 13.8 Å². The molecule has 0 aliphatic carbocycles. The van der Waals surface area contributed by atoms with Gasteiger partial charge in [0.25, 0.3) is 0 Å². The first-order valence-corrected chi connectivity index (χ1v) is 7.81. The Balaban J connectivity index is 2.95. The number of methoxy groups -OCH3 is 1. The molecule has 0 aromatic heterocycles. The molecular weight excluding hydrogens is 280 g/mol. The van der Waals surface area contributed by atoms with Crippen LogP contribution < -0.4 is 15.2 Å². The standard InChI is InChI=1S/C13H20N2O4S/c1-4-9(2)13(16)15-8-10-7-11(20(14,17)18)5-6-12(10)19-3/h5-7,9H,4,8H2,1-3H3,(H,15,16)(H2,14,17,18). The van der Waals surface area contributed by atoms with E-state index in [-0.39, 0.29) is 23.3 Å². The lowest BCUT2D eigenvalue weighted by molar-refractivity contribution is -0.124. The van der Waals surface area contributed by atoms with Gasteiger partial charge in [-0.05, 0) is 24.6 Å². The third kappa shape index (κ3) is 4.21. The van der Waals surface area contributed by atoms with Gasteiger partial charge in [0.1, 0.15) is 5.75 Å². The van der Waals surface area contributed by atoms with Gasteiger partial charge < -0.3 is 10.1 Å². The zero-order chi connectivity index (χ0) is 15.3. The van der Waals surface area contributed by atoms with E-state index in [9.17, 15) is 13.2 Å². The number of carbonyl (C=O) groups is 1. The first-order chi connectivity index (χ1) is 9.29. The number of nitrogens with two attached hydrogens (primary N) is 1. The Morgan fingerprint density at radius 2 is 2.10 bits per heavy atom. The summed E-state index contributed by atoms with van der Waals surface area (Å²) in [6.07, 6.45) is 0.736. The number of rotatable bonds is 6. The number of hydrogen-bond donors (Lipinski definition) is 2. The van der Waals surface area contributed by atoms with Crippen molar-refractivity contribution in [1.29, 1.82) is 0 Å². The highest BCUT2D eigenvalue weighted by molar-refractivity contribution is 7.89. The van der Waals surface area contributed by atoms with Gasteiger partial charge in [-0.25, -0.2) is 13.6 Å². The lowest BCUT2D eigenvalue weighted by atomic mass is 10.1. The molecule has 1 unspecified atom stereocenters. The van der Waals surface area contributed by atoms with Crippen molar-refractivity contribution in [1.82, 2.24) is 5.32 Å². The highest BCUT2D eigenvalue weighted by Crippen LogP contribution is 2.21. The third-order valence-corrected chi connectivity index (χ3v) is 4.00. The molecule has 6 nitrogen and oxygen atoms in total. The topological polar surface area (TPSA) is 98.5 Å². The molecule has 0 bridgehead atoms. The minimum Gasteiger partial charge on any atom is -0.496 e. The number of primary sulfonamides is 1. The van der Waals surface area contributed by atoms with Crippen LogP contribution in [0.5, 0.6) is 5.75 Å². The average Bonchev–Trinajstić information content (AvgIpc) is 2.42. The van der Waals surface area contributed by atoms with Crippen LogP contribution in [0, 0.1) is 5.92 Å². The highest BCUT2D eigenvalue weighted by atomic mass is 32.2. The van der Waals surface area contributed by atoms with Gasteiger partial charge in [-0.2, -0.15) is 0 Å². The van der Waals surface area contributed by atoms with Crippen molar-refractivity contribution >= 4 is 15.9 Å². The summed E-state index contributed by atoms with van der Waals surface area (Å²) in [6, 6.07) is 4.30. The van der Waals surface area contributed by atoms with Crippen molar-refractivity contribution < 1.29 is 17.9 Å². The van der Waals surface area contributed by atoms with E-state index in [1.54, 1.807) is 0 Å². The lowest BCUT2D eigenvalue weighted by Gasteiger charge is -2.13. The molecule has 0 fully saturated rings. The normalized spacial score (nSPS) is 12.8. The van der Waals surface area contributed by atoms with E-state index < -0.39 is 10.0 Å². The molecule has 1 amide bonds. The molecule has 0 aliphatic heterocycles. The van der Waals surface area contributed by atoms with Gasteiger partial charge in [0, 0.05) is 18.0 Å². The SMILES string of the molecule is CCC(C)C(=O)NCc1cc(S(N)(=O)=O)ccc1OC. The van der Waals surface area contributed by atoms with Crippen LogP contribution in [-0.2, 0) is 21.4 Å². The quantitative estimate of drug-likeness (QED) is 0.819. The third-order valence-electron chi connectivity index (χ3n) is 3.09. The molecule has 20 heavy (non-hydrogen) atoms. The summed E-state index contributed by atoms with van der Waals surface area (Å²) in [5.41, 5.74) is 0.565. The predicted molar refractivity (Wildman–Crippen MR) is 75.7 cm³/mol. The summed E-state index contributed by atoms with van der Waals surface area (Å²) in [6.45, 7) is 3.94. The van der Waals surface area contributed by atoms with Crippen LogP contribution in [0.15, 0.2) is 23.1 Å². The van der Waals surface area contributed by atoms with Gasteiger partial charge in [0.2, 0.25) is 15.9 Å². The summed E-state index contributed by atoms with van der Waals surface area (Å²) in [5, 5.41) is 7.84. The summed E-state index contributed by atoms with van der Waals surface area (Å²) >= 11 is 0. The number of nitrogens with one attached hydrogen (secondary N) is 1. The molecule has 7 heteroatoms. The minimum absolute atomic E-state index is 0.00825. The number of ether oxygens (including phenoxy) is 1. The zero-order valence-corrected chi connectivity index (χ0v) is 12.7. The highest BCUT2D eigenvalue weighted by Gasteiger charge is 2.14. The van der Waals surface area contributed by atoms with Crippen LogP contribution >= 0.6 is 0 Å². The van der Waals surface area contributed by atoms with Crippen LogP contribution in [0.2, 0.25) is 0 Å². The molecule has 0 heterocycles. The molecule has 0 saturated carbocycles. The smallest absolute Gasteiger partial charge is 0.238 e. The molecule has 1 rings (SSSR count). The Bertz CT molecular complexity index is 584. The second kappa shape index (κ2) is 6.71.